The second kappa shape index (κ2) is 5.01. The summed E-state index contributed by atoms with van der Waals surface area (Å²) in [7, 11) is 0. The van der Waals surface area contributed by atoms with Crippen LogP contribution in [0.15, 0.2) is 30.3 Å². The van der Waals surface area contributed by atoms with Gasteiger partial charge in [0.2, 0.25) is 6.41 Å². The normalized spacial score (nSPS) is 28.1. The highest BCUT2D eigenvalue weighted by molar-refractivity contribution is 5.49. The largest absolute Gasteiger partial charge is 0.340 e. The van der Waals surface area contributed by atoms with Crippen LogP contribution in [0.1, 0.15) is 37.2 Å². The second-order valence-electron chi connectivity index (χ2n) is 4.64. The van der Waals surface area contributed by atoms with Gasteiger partial charge in [0.05, 0.1) is 6.07 Å². The number of hydrogen-bond donors (Lipinski definition) is 1. The predicted octanol–water partition coefficient (Wildman–Crippen LogP) is 2.35. The average Bonchev–Trinajstić information content (AvgIpc) is 2.41. The van der Waals surface area contributed by atoms with Crippen molar-refractivity contribution in [1.82, 2.24) is 5.32 Å². The Morgan fingerprint density at radius 2 is 1.94 bits per heavy atom. The van der Waals surface area contributed by atoms with Gasteiger partial charge in [-0.3, -0.25) is 4.79 Å². The van der Waals surface area contributed by atoms with Gasteiger partial charge in [-0.25, -0.2) is 0 Å². The van der Waals surface area contributed by atoms with Gasteiger partial charge in [-0.1, -0.05) is 30.3 Å². The van der Waals surface area contributed by atoms with Gasteiger partial charge >= 0.3 is 0 Å². The van der Waals surface area contributed by atoms with Crippen molar-refractivity contribution >= 4 is 6.41 Å². The van der Waals surface area contributed by atoms with Crippen molar-refractivity contribution in [3.05, 3.63) is 35.9 Å². The first-order chi connectivity index (χ1) is 8.29. The van der Waals surface area contributed by atoms with E-state index in [1.807, 2.05) is 18.2 Å². The molecular formula is C14H16N2O. The first kappa shape index (κ1) is 11.7. The molecule has 2 rings (SSSR count). The van der Waals surface area contributed by atoms with E-state index in [0.29, 0.717) is 12.3 Å². The fourth-order valence-corrected chi connectivity index (χ4v) is 2.57. The highest BCUT2D eigenvalue weighted by Crippen LogP contribution is 2.37. The lowest BCUT2D eigenvalue weighted by Crippen LogP contribution is -2.45. The van der Waals surface area contributed by atoms with E-state index >= 15 is 0 Å². The van der Waals surface area contributed by atoms with Crippen LogP contribution in [-0.2, 0) is 4.79 Å². The van der Waals surface area contributed by atoms with E-state index in [9.17, 15) is 4.79 Å². The molecule has 1 amide bonds. The maximum atomic E-state index is 10.5. The van der Waals surface area contributed by atoms with Gasteiger partial charge in [0, 0.05) is 0 Å². The quantitative estimate of drug-likeness (QED) is 0.807. The molecule has 1 aromatic carbocycles. The Hall–Kier alpha value is -1.82. The van der Waals surface area contributed by atoms with Gasteiger partial charge in [0.15, 0.2) is 0 Å². The van der Waals surface area contributed by atoms with Crippen molar-refractivity contribution in [2.75, 3.05) is 0 Å². The van der Waals surface area contributed by atoms with Gasteiger partial charge in [-0.15, -0.1) is 0 Å². The summed E-state index contributed by atoms with van der Waals surface area (Å²) in [6.07, 6.45) is 4.03. The summed E-state index contributed by atoms with van der Waals surface area (Å²) in [5.74, 6) is 0.520. The lowest BCUT2D eigenvalue weighted by Gasteiger charge is -2.34. The predicted molar refractivity (Wildman–Crippen MR) is 65.2 cm³/mol. The van der Waals surface area contributed by atoms with E-state index in [2.05, 4.69) is 23.5 Å². The molecular weight excluding hydrogens is 212 g/mol. The van der Waals surface area contributed by atoms with Crippen LogP contribution in [0.2, 0.25) is 0 Å². The third kappa shape index (κ3) is 2.47. The van der Waals surface area contributed by atoms with Gasteiger partial charge in [0.1, 0.15) is 5.54 Å². The molecule has 0 unspecified atom stereocenters. The van der Waals surface area contributed by atoms with Crippen molar-refractivity contribution in [1.29, 1.82) is 5.26 Å². The number of nitrogens with one attached hydrogen (secondary N) is 1. The van der Waals surface area contributed by atoms with Crippen LogP contribution in [0.5, 0.6) is 0 Å². The van der Waals surface area contributed by atoms with Gasteiger partial charge in [0.25, 0.3) is 0 Å². The SMILES string of the molecule is N#CC1(NC=O)CCC(c2ccccc2)CC1. The standard InChI is InChI=1S/C14H16N2O/c15-10-14(16-11-17)8-6-13(7-9-14)12-4-2-1-3-5-12/h1-5,11,13H,6-9H2,(H,16,17). The number of benzene rings is 1. The molecule has 0 spiro atoms. The first-order valence-electron chi connectivity index (χ1n) is 5.97. The Labute approximate surface area is 101 Å². The van der Waals surface area contributed by atoms with Crippen LogP contribution < -0.4 is 5.32 Å². The molecule has 1 fully saturated rings. The molecule has 0 radical (unpaired) electrons. The van der Waals surface area contributed by atoms with Crippen molar-refractivity contribution in [2.24, 2.45) is 0 Å². The summed E-state index contributed by atoms with van der Waals surface area (Å²) >= 11 is 0. The van der Waals surface area contributed by atoms with E-state index in [0.717, 1.165) is 25.7 Å². The average molecular weight is 228 g/mol. The second-order valence-corrected chi connectivity index (χ2v) is 4.64. The topological polar surface area (TPSA) is 52.9 Å². The zero-order valence-electron chi connectivity index (χ0n) is 9.73. The van der Waals surface area contributed by atoms with Crippen molar-refractivity contribution < 1.29 is 4.79 Å². The van der Waals surface area contributed by atoms with Crippen LogP contribution in [0, 0.1) is 11.3 Å². The lowest BCUT2D eigenvalue weighted by molar-refractivity contribution is -0.111. The molecule has 1 aliphatic carbocycles. The van der Waals surface area contributed by atoms with Crippen LogP contribution >= 0.6 is 0 Å². The summed E-state index contributed by atoms with van der Waals surface area (Å²) in [5, 5.41) is 11.8. The minimum Gasteiger partial charge on any atom is -0.340 e. The minimum atomic E-state index is -0.632. The molecule has 17 heavy (non-hydrogen) atoms. The van der Waals surface area contributed by atoms with Crippen LogP contribution in [0.3, 0.4) is 0 Å². The maximum absolute atomic E-state index is 10.5. The summed E-state index contributed by atoms with van der Waals surface area (Å²) in [4.78, 5) is 10.5. The zero-order chi connectivity index (χ0) is 12.1. The summed E-state index contributed by atoms with van der Waals surface area (Å²) in [6.45, 7) is 0. The fourth-order valence-electron chi connectivity index (χ4n) is 2.57. The summed E-state index contributed by atoms with van der Waals surface area (Å²) < 4.78 is 0. The third-order valence-corrected chi connectivity index (χ3v) is 3.66. The maximum Gasteiger partial charge on any atom is 0.208 e. The Balaban J connectivity index is 2.03. The van der Waals surface area contributed by atoms with Crippen LogP contribution in [0.25, 0.3) is 0 Å². The Kier molecular flexibility index (Phi) is 3.43. The van der Waals surface area contributed by atoms with Crippen molar-refractivity contribution in [2.45, 2.75) is 37.1 Å². The monoisotopic (exact) mass is 228 g/mol. The Bertz CT molecular complexity index is 414. The number of amides is 1. The van der Waals surface area contributed by atoms with E-state index in [4.69, 9.17) is 5.26 Å². The Morgan fingerprint density at radius 3 is 2.47 bits per heavy atom. The molecule has 0 saturated heterocycles. The van der Waals surface area contributed by atoms with E-state index in [1.165, 1.54) is 5.56 Å². The highest BCUT2D eigenvalue weighted by Gasteiger charge is 2.35. The fraction of sp³-hybridized carbons (Fsp3) is 0.429. The number of nitriles is 1. The lowest BCUT2D eigenvalue weighted by atomic mass is 9.75. The smallest absolute Gasteiger partial charge is 0.208 e. The molecule has 0 heterocycles. The van der Waals surface area contributed by atoms with E-state index in [1.54, 1.807) is 0 Å². The number of rotatable bonds is 3. The van der Waals surface area contributed by atoms with Crippen LogP contribution in [0.4, 0.5) is 0 Å². The minimum absolute atomic E-state index is 0.520. The number of hydrogen-bond acceptors (Lipinski definition) is 2. The molecule has 88 valence electrons. The highest BCUT2D eigenvalue weighted by atomic mass is 16.1. The zero-order valence-corrected chi connectivity index (χ0v) is 9.73. The summed E-state index contributed by atoms with van der Waals surface area (Å²) in [5.41, 5.74) is 0.706. The molecule has 3 nitrogen and oxygen atoms in total. The molecule has 1 N–H and O–H groups in total. The number of carbonyl (C=O) groups excluding carboxylic acids is 1. The molecule has 0 bridgehead atoms. The molecule has 0 atom stereocenters. The third-order valence-electron chi connectivity index (χ3n) is 3.66. The van der Waals surface area contributed by atoms with Gasteiger partial charge in [-0.2, -0.15) is 5.26 Å². The molecule has 3 heteroatoms. The molecule has 0 aliphatic heterocycles. The molecule has 1 aromatic rings. The van der Waals surface area contributed by atoms with Gasteiger partial charge in [-0.05, 0) is 37.2 Å². The van der Waals surface area contributed by atoms with E-state index in [-0.39, 0.29) is 0 Å². The number of nitrogens with zero attached hydrogens (tertiary/aromatic N) is 1. The molecule has 1 saturated carbocycles. The van der Waals surface area contributed by atoms with Crippen LogP contribution in [-0.4, -0.2) is 11.9 Å². The molecule has 0 aromatic heterocycles. The van der Waals surface area contributed by atoms with Crippen molar-refractivity contribution in [3.63, 3.8) is 0 Å². The Morgan fingerprint density at radius 1 is 1.29 bits per heavy atom. The summed E-state index contributed by atoms with van der Waals surface area (Å²) in [6, 6.07) is 12.6. The van der Waals surface area contributed by atoms with E-state index < -0.39 is 5.54 Å². The molecule has 1 aliphatic rings. The van der Waals surface area contributed by atoms with Crippen molar-refractivity contribution in [3.8, 4) is 6.07 Å². The number of carbonyl (C=O) groups is 1. The van der Waals surface area contributed by atoms with Gasteiger partial charge < -0.3 is 5.32 Å². The first-order valence-corrected chi connectivity index (χ1v) is 5.97.